The SMILES string of the molecule is Cc1ccc([C@H](Cc2cnc[nH]2)c2ccccc2)cc1C. The Morgan fingerprint density at radius 1 is 0.952 bits per heavy atom. The lowest BCUT2D eigenvalue weighted by Crippen LogP contribution is -2.06. The van der Waals surface area contributed by atoms with Gasteiger partial charge < -0.3 is 4.98 Å². The Labute approximate surface area is 125 Å². The predicted molar refractivity (Wildman–Crippen MR) is 86.5 cm³/mol. The summed E-state index contributed by atoms with van der Waals surface area (Å²) in [6.07, 6.45) is 4.60. The van der Waals surface area contributed by atoms with Crippen LogP contribution in [-0.4, -0.2) is 9.97 Å². The third kappa shape index (κ3) is 3.05. The van der Waals surface area contributed by atoms with Crippen molar-refractivity contribution in [3.05, 3.63) is 89.0 Å². The number of nitrogens with zero attached hydrogens (tertiary/aromatic N) is 1. The zero-order valence-electron chi connectivity index (χ0n) is 12.5. The molecule has 0 aliphatic heterocycles. The summed E-state index contributed by atoms with van der Waals surface area (Å²) in [5.41, 5.74) is 6.56. The molecule has 21 heavy (non-hydrogen) atoms. The van der Waals surface area contributed by atoms with E-state index >= 15 is 0 Å². The quantitative estimate of drug-likeness (QED) is 0.751. The molecule has 2 heteroatoms. The second-order valence-corrected chi connectivity index (χ2v) is 5.59. The van der Waals surface area contributed by atoms with Crippen LogP contribution in [0.15, 0.2) is 61.1 Å². The number of rotatable bonds is 4. The Morgan fingerprint density at radius 3 is 2.43 bits per heavy atom. The van der Waals surface area contributed by atoms with Crippen LogP contribution in [0, 0.1) is 13.8 Å². The first kappa shape index (κ1) is 13.6. The van der Waals surface area contributed by atoms with Crippen LogP contribution < -0.4 is 0 Å². The predicted octanol–water partition coefficient (Wildman–Crippen LogP) is 4.40. The van der Waals surface area contributed by atoms with Gasteiger partial charge >= 0.3 is 0 Å². The average Bonchev–Trinajstić information content (AvgIpc) is 3.02. The van der Waals surface area contributed by atoms with Gasteiger partial charge in [0.25, 0.3) is 0 Å². The highest BCUT2D eigenvalue weighted by Crippen LogP contribution is 2.29. The summed E-state index contributed by atoms with van der Waals surface area (Å²) in [5, 5.41) is 0. The van der Waals surface area contributed by atoms with Crippen LogP contribution >= 0.6 is 0 Å². The number of aromatic nitrogens is 2. The number of hydrogen-bond donors (Lipinski definition) is 1. The van der Waals surface area contributed by atoms with Gasteiger partial charge in [0.15, 0.2) is 0 Å². The van der Waals surface area contributed by atoms with Gasteiger partial charge in [-0.25, -0.2) is 4.98 Å². The van der Waals surface area contributed by atoms with E-state index in [0.29, 0.717) is 5.92 Å². The largest absolute Gasteiger partial charge is 0.348 e. The van der Waals surface area contributed by atoms with Crippen LogP contribution in [0.4, 0.5) is 0 Å². The summed E-state index contributed by atoms with van der Waals surface area (Å²) >= 11 is 0. The van der Waals surface area contributed by atoms with E-state index in [1.54, 1.807) is 6.33 Å². The topological polar surface area (TPSA) is 28.7 Å². The minimum absolute atomic E-state index is 0.353. The number of nitrogens with one attached hydrogen (secondary N) is 1. The van der Waals surface area contributed by atoms with Crippen molar-refractivity contribution in [3.63, 3.8) is 0 Å². The van der Waals surface area contributed by atoms with Crippen molar-refractivity contribution in [2.24, 2.45) is 0 Å². The highest BCUT2D eigenvalue weighted by molar-refractivity contribution is 5.38. The molecule has 0 unspecified atom stereocenters. The van der Waals surface area contributed by atoms with Gasteiger partial charge in [0, 0.05) is 17.8 Å². The molecule has 0 saturated heterocycles. The molecule has 1 N–H and O–H groups in total. The van der Waals surface area contributed by atoms with Gasteiger partial charge in [-0.1, -0.05) is 48.5 Å². The molecule has 3 rings (SSSR count). The number of hydrogen-bond acceptors (Lipinski definition) is 1. The van der Waals surface area contributed by atoms with E-state index in [4.69, 9.17) is 0 Å². The maximum atomic E-state index is 4.14. The minimum Gasteiger partial charge on any atom is -0.348 e. The lowest BCUT2D eigenvalue weighted by molar-refractivity contribution is 0.786. The van der Waals surface area contributed by atoms with E-state index in [9.17, 15) is 0 Å². The maximum Gasteiger partial charge on any atom is 0.0921 e. The highest BCUT2D eigenvalue weighted by Gasteiger charge is 2.16. The first-order valence-corrected chi connectivity index (χ1v) is 7.33. The summed E-state index contributed by atoms with van der Waals surface area (Å²) in [7, 11) is 0. The minimum atomic E-state index is 0.353. The van der Waals surface area contributed by atoms with Gasteiger partial charge in [-0.05, 0) is 42.5 Å². The Morgan fingerprint density at radius 2 is 1.76 bits per heavy atom. The van der Waals surface area contributed by atoms with Crippen LogP contribution in [0.3, 0.4) is 0 Å². The fraction of sp³-hybridized carbons (Fsp3) is 0.211. The van der Waals surface area contributed by atoms with Crippen molar-refractivity contribution in [1.29, 1.82) is 0 Å². The molecule has 1 aromatic heterocycles. The third-order valence-electron chi connectivity index (χ3n) is 4.11. The maximum absolute atomic E-state index is 4.14. The molecule has 0 spiro atoms. The molecule has 2 nitrogen and oxygen atoms in total. The number of aromatic amines is 1. The fourth-order valence-electron chi connectivity index (χ4n) is 2.71. The first-order chi connectivity index (χ1) is 10.2. The summed E-state index contributed by atoms with van der Waals surface area (Å²) in [6, 6.07) is 17.5. The lowest BCUT2D eigenvalue weighted by Gasteiger charge is -2.18. The lowest BCUT2D eigenvalue weighted by atomic mass is 9.86. The number of H-pyrrole nitrogens is 1. The molecule has 0 saturated carbocycles. The standard InChI is InChI=1S/C19H20N2/c1-14-8-9-17(10-15(14)2)19(11-18-12-20-13-21-18)16-6-4-3-5-7-16/h3-10,12-13,19H,11H2,1-2H3,(H,20,21)/t19-/m1/s1. The number of aryl methyl sites for hydroxylation is 2. The fourth-order valence-corrected chi connectivity index (χ4v) is 2.71. The summed E-state index contributed by atoms with van der Waals surface area (Å²) in [6.45, 7) is 4.34. The summed E-state index contributed by atoms with van der Waals surface area (Å²) in [4.78, 5) is 7.36. The molecule has 1 atom stereocenters. The Hall–Kier alpha value is -2.35. The van der Waals surface area contributed by atoms with Crippen molar-refractivity contribution >= 4 is 0 Å². The van der Waals surface area contributed by atoms with Crippen LogP contribution in [0.5, 0.6) is 0 Å². The van der Waals surface area contributed by atoms with E-state index in [2.05, 4.69) is 72.3 Å². The van der Waals surface area contributed by atoms with Crippen molar-refractivity contribution < 1.29 is 0 Å². The second kappa shape index (κ2) is 5.96. The molecule has 0 aliphatic carbocycles. The molecule has 3 aromatic rings. The average molecular weight is 276 g/mol. The van der Waals surface area contributed by atoms with Crippen LogP contribution in [0.25, 0.3) is 0 Å². The van der Waals surface area contributed by atoms with Crippen LogP contribution in [0.1, 0.15) is 33.9 Å². The van der Waals surface area contributed by atoms with E-state index in [-0.39, 0.29) is 0 Å². The Balaban J connectivity index is 2.00. The van der Waals surface area contributed by atoms with Crippen LogP contribution in [-0.2, 0) is 6.42 Å². The summed E-state index contributed by atoms with van der Waals surface area (Å²) < 4.78 is 0. The second-order valence-electron chi connectivity index (χ2n) is 5.59. The first-order valence-electron chi connectivity index (χ1n) is 7.33. The van der Waals surface area contributed by atoms with Gasteiger partial charge in [-0.2, -0.15) is 0 Å². The van der Waals surface area contributed by atoms with E-state index in [0.717, 1.165) is 6.42 Å². The molecule has 106 valence electrons. The number of benzene rings is 2. The smallest absolute Gasteiger partial charge is 0.0921 e. The third-order valence-corrected chi connectivity index (χ3v) is 4.11. The molecule has 0 fully saturated rings. The van der Waals surface area contributed by atoms with E-state index in [1.807, 2.05) is 6.20 Å². The van der Waals surface area contributed by atoms with Crippen molar-refractivity contribution in [3.8, 4) is 0 Å². The van der Waals surface area contributed by atoms with Crippen molar-refractivity contribution in [2.45, 2.75) is 26.2 Å². The number of imidazole rings is 1. The summed E-state index contributed by atoms with van der Waals surface area (Å²) in [5.74, 6) is 0.353. The molecular formula is C19H20N2. The molecular weight excluding hydrogens is 256 g/mol. The molecule has 0 radical (unpaired) electrons. The molecule has 0 amide bonds. The molecule has 2 aromatic carbocycles. The normalized spacial score (nSPS) is 12.3. The van der Waals surface area contributed by atoms with Gasteiger partial charge in [0.05, 0.1) is 6.33 Å². The Kier molecular flexibility index (Phi) is 3.87. The van der Waals surface area contributed by atoms with Gasteiger partial charge in [0.1, 0.15) is 0 Å². The Bertz CT molecular complexity index is 700. The van der Waals surface area contributed by atoms with Crippen molar-refractivity contribution in [1.82, 2.24) is 9.97 Å². The zero-order valence-corrected chi connectivity index (χ0v) is 12.5. The van der Waals surface area contributed by atoms with Gasteiger partial charge in [-0.3, -0.25) is 0 Å². The zero-order chi connectivity index (χ0) is 14.7. The van der Waals surface area contributed by atoms with Crippen LogP contribution in [0.2, 0.25) is 0 Å². The van der Waals surface area contributed by atoms with E-state index in [1.165, 1.54) is 27.9 Å². The highest BCUT2D eigenvalue weighted by atomic mass is 14.9. The van der Waals surface area contributed by atoms with E-state index < -0.39 is 0 Å². The van der Waals surface area contributed by atoms with Gasteiger partial charge in [0.2, 0.25) is 0 Å². The monoisotopic (exact) mass is 276 g/mol. The van der Waals surface area contributed by atoms with Gasteiger partial charge in [-0.15, -0.1) is 0 Å². The molecule has 0 aliphatic rings. The molecule has 0 bridgehead atoms. The molecule has 1 heterocycles. The van der Waals surface area contributed by atoms with Crippen molar-refractivity contribution in [2.75, 3.05) is 0 Å².